The molecule has 0 radical (unpaired) electrons. The van der Waals surface area contributed by atoms with Gasteiger partial charge < -0.3 is 5.32 Å². The highest BCUT2D eigenvalue weighted by molar-refractivity contribution is 7.89. The van der Waals surface area contributed by atoms with Crippen LogP contribution >= 0.6 is 0 Å². The Hall–Kier alpha value is -2.96. The third-order valence-electron chi connectivity index (χ3n) is 6.85. The molecule has 3 aromatic carbocycles. The summed E-state index contributed by atoms with van der Waals surface area (Å²) in [6.07, 6.45) is 2.43. The Morgan fingerprint density at radius 2 is 1.51 bits per heavy atom. The van der Waals surface area contributed by atoms with Gasteiger partial charge in [-0.3, -0.25) is 4.79 Å². The van der Waals surface area contributed by atoms with Gasteiger partial charge in [0.05, 0.1) is 11.8 Å². The molecule has 6 heteroatoms. The minimum Gasteiger partial charge on any atom is -0.345 e. The summed E-state index contributed by atoms with van der Waals surface area (Å²) < 4.78 is 27.3. The van der Waals surface area contributed by atoms with E-state index in [0.29, 0.717) is 32.4 Å². The highest BCUT2D eigenvalue weighted by atomic mass is 32.2. The zero-order valence-electron chi connectivity index (χ0n) is 20.3. The number of hydrogen-bond acceptors (Lipinski definition) is 3. The van der Waals surface area contributed by atoms with E-state index in [9.17, 15) is 13.2 Å². The van der Waals surface area contributed by atoms with Crippen LogP contribution in [-0.4, -0.2) is 37.5 Å². The largest absolute Gasteiger partial charge is 0.345 e. The van der Waals surface area contributed by atoms with Crippen molar-refractivity contribution in [2.45, 2.75) is 38.6 Å². The first-order chi connectivity index (χ1) is 16.9. The molecule has 1 amide bonds. The second-order valence-corrected chi connectivity index (χ2v) is 11.4. The number of carbonyl (C=O) groups is 1. The molecule has 1 N–H and O–H groups in total. The SMILES string of the molecule is Cc1ccccc1[C@H](NC(=O)C1CCN(S(=O)(=O)CCCc2ccccc2)CC1)c1ccccc1. The molecule has 0 spiro atoms. The highest BCUT2D eigenvalue weighted by Gasteiger charge is 2.32. The molecule has 3 aromatic rings. The van der Waals surface area contributed by atoms with Crippen LogP contribution in [0.3, 0.4) is 0 Å². The van der Waals surface area contributed by atoms with Crippen molar-refractivity contribution < 1.29 is 13.2 Å². The van der Waals surface area contributed by atoms with Crippen molar-refractivity contribution in [3.8, 4) is 0 Å². The second kappa shape index (κ2) is 11.6. The fourth-order valence-electron chi connectivity index (χ4n) is 4.79. The first-order valence-electron chi connectivity index (χ1n) is 12.4. The van der Waals surface area contributed by atoms with Crippen LogP contribution in [0.1, 0.15) is 47.6 Å². The van der Waals surface area contributed by atoms with Gasteiger partial charge in [0.25, 0.3) is 0 Å². The summed E-state index contributed by atoms with van der Waals surface area (Å²) in [6, 6.07) is 27.8. The van der Waals surface area contributed by atoms with Crippen LogP contribution < -0.4 is 5.32 Å². The monoisotopic (exact) mass is 490 g/mol. The Bertz CT molecular complexity index is 1200. The van der Waals surface area contributed by atoms with Gasteiger partial charge in [-0.2, -0.15) is 0 Å². The lowest BCUT2D eigenvalue weighted by molar-refractivity contribution is -0.126. The van der Waals surface area contributed by atoms with Crippen LogP contribution in [0.25, 0.3) is 0 Å². The molecule has 35 heavy (non-hydrogen) atoms. The van der Waals surface area contributed by atoms with E-state index in [0.717, 1.165) is 28.7 Å². The second-order valence-electron chi connectivity index (χ2n) is 9.29. The van der Waals surface area contributed by atoms with Crippen LogP contribution in [0, 0.1) is 12.8 Å². The number of piperidine rings is 1. The quantitative estimate of drug-likeness (QED) is 0.465. The minimum absolute atomic E-state index is 0.0109. The molecular formula is C29H34N2O3S. The van der Waals surface area contributed by atoms with E-state index in [1.54, 1.807) is 4.31 Å². The molecule has 0 bridgehead atoms. The molecular weight excluding hydrogens is 456 g/mol. The Kier molecular flexibility index (Phi) is 8.37. The number of nitrogens with zero attached hydrogens (tertiary/aromatic N) is 1. The zero-order valence-corrected chi connectivity index (χ0v) is 21.1. The Morgan fingerprint density at radius 3 is 2.17 bits per heavy atom. The summed E-state index contributed by atoms with van der Waals surface area (Å²) in [5, 5.41) is 3.26. The summed E-state index contributed by atoms with van der Waals surface area (Å²) in [4.78, 5) is 13.3. The molecule has 1 saturated heterocycles. The van der Waals surface area contributed by atoms with Crippen molar-refractivity contribution in [1.82, 2.24) is 9.62 Å². The summed E-state index contributed by atoms with van der Waals surface area (Å²) in [7, 11) is -3.32. The average molecular weight is 491 g/mol. The van der Waals surface area contributed by atoms with Crippen molar-refractivity contribution in [1.29, 1.82) is 0 Å². The van der Waals surface area contributed by atoms with Gasteiger partial charge in [0, 0.05) is 19.0 Å². The van der Waals surface area contributed by atoms with E-state index < -0.39 is 10.0 Å². The molecule has 0 saturated carbocycles. The maximum Gasteiger partial charge on any atom is 0.223 e. The van der Waals surface area contributed by atoms with Crippen LogP contribution in [0.2, 0.25) is 0 Å². The summed E-state index contributed by atoms with van der Waals surface area (Å²) >= 11 is 0. The number of sulfonamides is 1. The molecule has 0 unspecified atom stereocenters. The fourth-order valence-corrected chi connectivity index (χ4v) is 6.32. The predicted molar refractivity (Wildman–Crippen MR) is 140 cm³/mol. The van der Waals surface area contributed by atoms with Gasteiger partial charge >= 0.3 is 0 Å². The lowest BCUT2D eigenvalue weighted by atomic mass is 9.92. The number of rotatable bonds is 9. The lowest BCUT2D eigenvalue weighted by Crippen LogP contribution is -2.44. The topological polar surface area (TPSA) is 66.5 Å². The molecule has 0 aliphatic carbocycles. The first kappa shape index (κ1) is 25.1. The van der Waals surface area contributed by atoms with Crippen LogP contribution in [0.15, 0.2) is 84.9 Å². The normalized spacial score (nSPS) is 16.0. The van der Waals surface area contributed by atoms with E-state index in [1.807, 2.05) is 72.8 Å². The standard InChI is InChI=1S/C29H34N2O3S/c1-23-11-8-9-17-27(23)28(25-15-6-3-7-16-25)30-29(32)26-18-20-31(21-19-26)35(33,34)22-10-14-24-12-4-2-5-13-24/h2-9,11-13,15-17,26,28H,10,14,18-22H2,1H3,(H,30,32)/t28-/m1/s1. The summed E-state index contributed by atoms with van der Waals surface area (Å²) in [5.74, 6) is -0.0634. The number of amides is 1. The molecule has 1 aliphatic rings. The highest BCUT2D eigenvalue weighted by Crippen LogP contribution is 2.27. The zero-order chi connectivity index (χ0) is 24.7. The third-order valence-corrected chi connectivity index (χ3v) is 8.80. The van der Waals surface area contributed by atoms with Gasteiger partial charge in [-0.15, -0.1) is 0 Å². The van der Waals surface area contributed by atoms with Crippen LogP contribution in [-0.2, 0) is 21.2 Å². The van der Waals surface area contributed by atoms with Gasteiger partial charge in [0.2, 0.25) is 15.9 Å². The van der Waals surface area contributed by atoms with E-state index >= 15 is 0 Å². The third kappa shape index (κ3) is 6.59. The van der Waals surface area contributed by atoms with E-state index in [2.05, 4.69) is 24.4 Å². The minimum atomic E-state index is -3.32. The maximum absolute atomic E-state index is 13.3. The summed E-state index contributed by atoms with van der Waals surface area (Å²) in [6.45, 7) is 2.84. The van der Waals surface area contributed by atoms with Gasteiger partial charge in [-0.25, -0.2) is 12.7 Å². The van der Waals surface area contributed by atoms with Gasteiger partial charge in [0.15, 0.2) is 0 Å². The molecule has 1 heterocycles. The lowest BCUT2D eigenvalue weighted by Gasteiger charge is -2.32. The van der Waals surface area contributed by atoms with Crippen molar-refractivity contribution in [2.24, 2.45) is 5.92 Å². The van der Waals surface area contributed by atoms with Crippen LogP contribution in [0.4, 0.5) is 0 Å². The maximum atomic E-state index is 13.3. The number of benzene rings is 3. The van der Waals surface area contributed by atoms with Gasteiger partial charge in [-0.1, -0.05) is 84.9 Å². The van der Waals surface area contributed by atoms with E-state index in [-0.39, 0.29) is 23.6 Å². The van der Waals surface area contributed by atoms with Crippen molar-refractivity contribution in [3.63, 3.8) is 0 Å². The first-order valence-corrected chi connectivity index (χ1v) is 14.0. The summed E-state index contributed by atoms with van der Waals surface area (Å²) in [5.41, 5.74) is 4.39. The number of hydrogen-bond donors (Lipinski definition) is 1. The van der Waals surface area contributed by atoms with Crippen molar-refractivity contribution in [3.05, 3.63) is 107 Å². The number of nitrogens with one attached hydrogen (secondary N) is 1. The average Bonchev–Trinajstić information content (AvgIpc) is 2.89. The molecule has 184 valence electrons. The number of carbonyl (C=O) groups excluding carboxylic acids is 1. The molecule has 1 aliphatic heterocycles. The Labute approximate surface area is 209 Å². The molecule has 5 nitrogen and oxygen atoms in total. The number of aryl methyl sites for hydroxylation is 2. The van der Waals surface area contributed by atoms with Gasteiger partial charge in [0.1, 0.15) is 0 Å². The van der Waals surface area contributed by atoms with Crippen LogP contribution in [0.5, 0.6) is 0 Å². The van der Waals surface area contributed by atoms with E-state index in [1.165, 1.54) is 0 Å². The molecule has 1 fully saturated rings. The fraction of sp³-hybridized carbons (Fsp3) is 0.345. The van der Waals surface area contributed by atoms with E-state index in [4.69, 9.17) is 0 Å². The van der Waals surface area contributed by atoms with Crippen molar-refractivity contribution >= 4 is 15.9 Å². The Morgan fingerprint density at radius 1 is 0.914 bits per heavy atom. The Balaban J connectivity index is 1.35. The predicted octanol–water partition coefficient (Wildman–Crippen LogP) is 4.88. The molecule has 1 atom stereocenters. The van der Waals surface area contributed by atoms with Crippen molar-refractivity contribution in [2.75, 3.05) is 18.8 Å². The smallest absolute Gasteiger partial charge is 0.223 e. The van der Waals surface area contributed by atoms with Gasteiger partial charge in [-0.05, 0) is 54.9 Å². The molecule has 4 rings (SSSR count). The molecule has 0 aromatic heterocycles.